The van der Waals surface area contributed by atoms with Crippen LogP contribution in [-0.2, 0) is 11.8 Å². The van der Waals surface area contributed by atoms with Crippen LogP contribution in [0.1, 0.15) is 6.92 Å². The zero-order valence-electron chi connectivity index (χ0n) is 13.8. The number of amides is 1. The van der Waals surface area contributed by atoms with Crippen molar-refractivity contribution in [1.82, 2.24) is 14.8 Å². The minimum Gasteiger partial charge on any atom is -0.325 e. The third kappa shape index (κ3) is 4.21. The van der Waals surface area contributed by atoms with E-state index < -0.39 is 0 Å². The standard InChI is InChI=1S/C18H17ClN4OS/c1-12(17(24)20-15-10-6-9-14(19)11-15)25-18-22-21-16(23(18)2)13-7-4-3-5-8-13/h3-12H,1-2H3,(H,20,24). The Hall–Kier alpha value is -2.31. The fourth-order valence-electron chi connectivity index (χ4n) is 2.28. The second kappa shape index (κ2) is 7.72. The van der Waals surface area contributed by atoms with Crippen LogP contribution in [0.25, 0.3) is 11.4 Å². The number of hydrogen-bond acceptors (Lipinski definition) is 4. The molecule has 1 heterocycles. The van der Waals surface area contributed by atoms with Gasteiger partial charge in [-0.2, -0.15) is 0 Å². The van der Waals surface area contributed by atoms with Gasteiger partial charge in [0.05, 0.1) is 5.25 Å². The van der Waals surface area contributed by atoms with Gasteiger partial charge < -0.3 is 9.88 Å². The second-order valence-electron chi connectivity index (χ2n) is 5.49. The summed E-state index contributed by atoms with van der Waals surface area (Å²) < 4.78 is 1.89. The monoisotopic (exact) mass is 372 g/mol. The molecule has 1 aromatic heterocycles. The molecule has 5 nitrogen and oxygen atoms in total. The molecule has 0 bridgehead atoms. The van der Waals surface area contributed by atoms with Crippen LogP contribution in [0.2, 0.25) is 5.02 Å². The van der Waals surface area contributed by atoms with E-state index in [1.807, 2.05) is 48.9 Å². The van der Waals surface area contributed by atoms with Crippen LogP contribution in [0, 0.1) is 0 Å². The van der Waals surface area contributed by atoms with Crippen molar-refractivity contribution in [3.8, 4) is 11.4 Å². The molecule has 1 amide bonds. The molecule has 0 aliphatic heterocycles. The van der Waals surface area contributed by atoms with Crippen LogP contribution in [0.15, 0.2) is 59.8 Å². The highest BCUT2D eigenvalue weighted by Gasteiger charge is 2.19. The van der Waals surface area contributed by atoms with Crippen molar-refractivity contribution in [3.63, 3.8) is 0 Å². The van der Waals surface area contributed by atoms with Crippen molar-refractivity contribution in [2.24, 2.45) is 7.05 Å². The van der Waals surface area contributed by atoms with Gasteiger partial charge in [-0.25, -0.2) is 0 Å². The predicted octanol–water partition coefficient (Wildman–Crippen LogP) is 4.25. The van der Waals surface area contributed by atoms with Gasteiger partial charge in [0.1, 0.15) is 0 Å². The molecule has 7 heteroatoms. The molecule has 128 valence electrons. The van der Waals surface area contributed by atoms with Gasteiger partial charge >= 0.3 is 0 Å². The number of benzene rings is 2. The minimum absolute atomic E-state index is 0.114. The first kappa shape index (κ1) is 17.5. The highest BCUT2D eigenvalue weighted by molar-refractivity contribution is 8.00. The van der Waals surface area contributed by atoms with Gasteiger partial charge in [0.15, 0.2) is 11.0 Å². The third-order valence-corrected chi connectivity index (χ3v) is 4.98. The molecular weight excluding hydrogens is 356 g/mol. The maximum Gasteiger partial charge on any atom is 0.237 e. The maximum atomic E-state index is 12.4. The summed E-state index contributed by atoms with van der Waals surface area (Å²) in [4.78, 5) is 12.4. The van der Waals surface area contributed by atoms with Crippen molar-refractivity contribution >= 4 is 35.0 Å². The molecule has 1 N–H and O–H groups in total. The van der Waals surface area contributed by atoms with E-state index >= 15 is 0 Å². The number of carbonyl (C=O) groups excluding carboxylic acids is 1. The molecule has 0 radical (unpaired) electrons. The van der Waals surface area contributed by atoms with Crippen LogP contribution in [0.5, 0.6) is 0 Å². The first-order valence-corrected chi connectivity index (χ1v) is 8.98. The number of thioether (sulfide) groups is 1. The van der Waals surface area contributed by atoms with E-state index in [0.29, 0.717) is 15.9 Å². The molecule has 0 aliphatic rings. The Morgan fingerprint density at radius 3 is 2.64 bits per heavy atom. The van der Waals surface area contributed by atoms with Gasteiger partial charge in [0, 0.05) is 23.3 Å². The fourth-order valence-corrected chi connectivity index (χ4v) is 3.28. The Morgan fingerprint density at radius 2 is 1.92 bits per heavy atom. The molecule has 3 aromatic rings. The summed E-state index contributed by atoms with van der Waals surface area (Å²) in [6.45, 7) is 1.83. The van der Waals surface area contributed by atoms with Gasteiger partial charge in [-0.15, -0.1) is 10.2 Å². The normalized spacial score (nSPS) is 12.0. The molecule has 1 atom stereocenters. The van der Waals surface area contributed by atoms with Gasteiger partial charge in [0.2, 0.25) is 5.91 Å². The Kier molecular flexibility index (Phi) is 5.40. The lowest BCUT2D eigenvalue weighted by atomic mass is 10.2. The number of aromatic nitrogens is 3. The van der Waals surface area contributed by atoms with E-state index in [-0.39, 0.29) is 11.2 Å². The molecule has 0 fully saturated rings. The SMILES string of the molecule is CC(Sc1nnc(-c2ccccc2)n1C)C(=O)Nc1cccc(Cl)c1. The van der Waals surface area contributed by atoms with Crippen molar-refractivity contribution in [2.45, 2.75) is 17.3 Å². The van der Waals surface area contributed by atoms with Crippen LogP contribution in [0.3, 0.4) is 0 Å². The number of halogens is 1. The average Bonchev–Trinajstić information content (AvgIpc) is 2.96. The fraction of sp³-hybridized carbons (Fsp3) is 0.167. The molecule has 0 spiro atoms. The van der Waals surface area contributed by atoms with Gasteiger partial charge in [-0.3, -0.25) is 4.79 Å². The first-order valence-electron chi connectivity index (χ1n) is 7.72. The van der Waals surface area contributed by atoms with Crippen LogP contribution < -0.4 is 5.32 Å². The zero-order chi connectivity index (χ0) is 17.8. The number of nitrogens with one attached hydrogen (secondary N) is 1. The number of hydrogen-bond donors (Lipinski definition) is 1. The highest BCUT2D eigenvalue weighted by atomic mass is 35.5. The van der Waals surface area contributed by atoms with E-state index in [9.17, 15) is 4.79 Å². The van der Waals surface area contributed by atoms with E-state index in [1.165, 1.54) is 11.8 Å². The predicted molar refractivity (Wildman–Crippen MR) is 102 cm³/mol. The topological polar surface area (TPSA) is 59.8 Å². The van der Waals surface area contributed by atoms with E-state index in [1.54, 1.807) is 24.3 Å². The number of nitrogens with zero attached hydrogens (tertiary/aromatic N) is 3. The molecule has 3 rings (SSSR count). The molecule has 0 saturated carbocycles. The lowest BCUT2D eigenvalue weighted by Gasteiger charge is -2.12. The lowest BCUT2D eigenvalue weighted by molar-refractivity contribution is -0.115. The van der Waals surface area contributed by atoms with Gasteiger partial charge in [-0.05, 0) is 25.1 Å². The third-order valence-electron chi connectivity index (χ3n) is 3.61. The van der Waals surface area contributed by atoms with Crippen molar-refractivity contribution < 1.29 is 4.79 Å². The Bertz CT molecular complexity index is 882. The molecular formula is C18H17ClN4OS. The van der Waals surface area contributed by atoms with E-state index in [2.05, 4.69) is 15.5 Å². The van der Waals surface area contributed by atoms with Gasteiger partial charge in [-0.1, -0.05) is 59.8 Å². The Labute approximate surface area is 155 Å². The summed E-state index contributed by atoms with van der Waals surface area (Å²) >= 11 is 7.30. The second-order valence-corrected chi connectivity index (χ2v) is 7.24. The van der Waals surface area contributed by atoms with Gasteiger partial charge in [0.25, 0.3) is 0 Å². The smallest absolute Gasteiger partial charge is 0.237 e. The summed E-state index contributed by atoms with van der Waals surface area (Å²) in [5.41, 5.74) is 1.66. The Morgan fingerprint density at radius 1 is 1.16 bits per heavy atom. The summed E-state index contributed by atoms with van der Waals surface area (Å²) in [6, 6.07) is 16.9. The quantitative estimate of drug-likeness (QED) is 0.680. The minimum atomic E-state index is -0.328. The Balaban J connectivity index is 1.70. The lowest BCUT2D eigenvalue weighted by Crippen LogP contribution is -2.22. The summed E-state index contributed by atoms with van der Waals surface area (Å²) in [6.07, 6.45) is 0. The number of carbonyl (C=O) groups is 1. The van der Waals surface area contributed by atoms with Crippen LogP contribution >= 0.6 is 23.4 Å². The van der Waals surface area contributed by atoms with Crippen LogP contribution in [-0.4, -0.2) is 25.9 Å². The van der Waals surface area contributed by atoms with Crippen LogP contribution in [0.4, 0.5) is 5.69 Å². The first-order chi connectivity index (χ1) is 12.0. The van der Waals surface area contributed by atoms with Crippen molar-refractivity contribution in [1.29, 1.82) is 0 Å². The van der Waals surface area contributed by atoms with E-state index in [0.717, 1.165) is 11.4 Å². The summed E-state index contributed by atoms with van der Waals surface area (Å²) in [5.74, 6) is 0.655. The molecule has 1 unspecified atom stereocenters. The van der Waals surface area contributed by atoms with Crippen molar-refractivity contribution in [2.75, 3.05) is 5.32 Å². The maximum absolute atomic E-state index is 12.4. The average molecular weight is 373 g/mol. The number of rotatable bonds is 5. The van der Waals surface area contributed by atoms with Crippen molar-refractivity contribution in [3.05, 3.63) is 59.6 Å². The molecule has 25 heavy (non-hydrogen) atoms. The summed E-state index contributed by atoms with van der Waals surface area (Å²) in [7, 11) is 1.90. The van der Waals surface area contributed by atoms with E-state index in [4.69, 9.17) is 11.6 Å². The molecule has 2 aromatic carbocycles. The molecule has 0 saturated heterocycles. The molecule has 0 aliphatic carbocycles. The zero-order valence-corrected chi connectivity index (χ0v) is 15.4. The number of anilines is 1. The largest absolute Gasteiger partial charge is 0.325 e. The summed E-state index contributed by atoms with van der Waals surface area (Å²) in [5, 5.41) is 12.2. The highest BCUT2D eigenvalue weighted by Crippen LogP contribution is 2.26.